The van der Waals surface area contributed by atoms with Crippen molar-refractivity contribution in [2.45, 2.75) is 37.1 Å². The first-order chi connectivity index (χ1) is 16.6. The summed E-state index contributed by atoms with van der Waals surface area (Å²) in [5, 5.41) is 3.22. The maximum atomic E-state index is 13.7. The number of hydrogen-bond acceptors (Lipinski definition) is 3. The average Bonchev–Trinajstić information content (AvgIpc) is 3.26. The molecule has 1 aromatic heterocycles. The van der Waals surface area contributed by atoms with Gasteiger partial charge in [-0.2, -0.15) is 3.89 Å². The number of nitrogens with two attached hydrogens (primary N) is 1. The quantitative estimate of drug-likeness (QED) is 0.256. The molecule has 1 fully saturated rings. The van der Waals surface area contributed by atoms with Crippen molar-refractivity contribution in [1.29, 1.82) is 0 Å². The van der Waals surface area contributed by atoms with Gasteiger partial charge in [0.05, 0.1) is 40.8 Å². The minimum absolute atomic E-state index is 0.154. The molecule has 0 saturated carbocycles. The Hall–Kier alpha value is -3.10. The highest BCUT2D eigenvalue weighted by Gasteiger charge is 2.19. The van der Waals surface area contributed by atoms with Crippen LogP contribution in [0.2, 0.25) is 0 Å². The van der Waals surface area contributed by atoms with Gasteiger partial charge in [-0.05, 0) is 57.5 Å². The van der Waals surface area contributed by atoms with Crippen molar-refractivity contribution in [1.82, 2.24) is 9.88 Å². The SMILES string of the molecule is C=C/C=C\C(=C/C)Cc1ccc(-c2[nH]cc(SF)c2NC(N=CN)=NC2CCN(C)CC2)cc1. The first kappa shape index (κ1) is 25.5. The normalized spacial score (nSPS) is 16.6. The van der Waals surface area contributed by atoms with Crippen LogP contribution >= 0.6 is 12.1 Å². The fraction of sp³-hybridized carbons (Fsp3) is 0.308. The lowest BCUT2D eigenvalue weighted by Crippen LogP contribution is -2.33. The number of halogens is 1. The summed E-state index contributed by atoms with van der Waals surface area (Å²) in [7, 11) is 2.11. The molecule has 0 atom stereocenters. The summed E-state index contributed by atoms with van der Waals surface area (Å²) >= 11 is 0.178. The molecule has 2 heterocycles. The second kappa shape index (κ2) is 13.0. The molecule has 1 saturated heterocycles. The van der Waals surface area contributed by atoms with E-state index in [0.29, 0.717) is 16.5 Å². The highest BCUT2D eigenvalue weighted by atomic mass is 32.2. The Labute approximate surface area is 205 Å². The van der Waals surface area contributed by atoms with Gasteiger partial charge in [-0.15, -0.1) is 0 Å². The summed E-state index contributed by atoms with van der Waals surface area (Å²) in [6, 6.07) is 8.38. The van der Waals surface area contributed by atoms with E-state index in [1.54, 1.807) is 12.3 Å². The number of aliphatic imine (C=N–C) groups is 2. The van der Waals surface area contributed by atoms with Gasteiger partial charge in [-0.1, -0.05) is 55.1 Å². The molecule has 1 aliphatic rings. The van der Waals surface area contributed by atoms with Gasteiger partial charge in [0.15, 0.2) is 0 Å². The number of rotatable bonds is 8. The van der Waals surface area contributed by atoms with Gasteiger partial charge >= 0.3 is 0 Å². The highest BCUT2D eigenvalue weighted by molar-refractivity contribution is 7.94. The third-order valence-electron chi connectivity index (χ3n) is 5.82. The van der Waals surface area contributed by atoms with Crippen molar-refractivity contribution in [2.75, 3.05) is 25.5 Å². The predicted molar refractivity (Wildman–Crippen MR) is 144 cm³/mol. The minimum Gasteiger partial charge on any atom is -0.390 e. The Kier molecular flexibility index (Phi) is 9.73. The Morgan fingerprint density at radius 1 is 1.32 bits per heavy atom. The number of likely N-dealkylation sites (tertiary alicyclic amines) is 1. The van der Waals surface area contributed by atoms with Crippen LogP contribution in [0.4, 0.5) is 9.57 Å². The van der Waals surface area contributed by atoms with E-state index in [4.69, 9.17) is 10.7 Å². The molecule has 4 N–H and O–H groups in total. The number of aromatic amines is 1. The lowest BCUT2D eigenvalue weighted by atomic mass is 10.0. The number of nitrogens with one attached hydrogen (secondary N) is 2. The van der Waals surface area contributed by atoms with Gasteiger partial charge in [-0.3, -0.25) is 0 Å². The summed E-state index contributed by atoms with van der Waals surface area (Å²) in [5.41, 5.74) is 10.3. The Morgan fingerprint density at radius 3 is 2.68 bits per heavy atom. The number of benzene rings is 1. The lowest BCUT2D eigenvalue weighted by molar-refractivity contribution is 0.257. The maximum Gasteiger partial charge on any atom is 0.224 e. The van der Waals surface area contributed by atoms with Gasteiger partial charge in [-0.25, -0.2) is 9.98 Å². The van der Waals surface area contributed by atoms with Crippen LogP contribution < -0.4 is 11.1 Å². The van der Waals surface area contributed by atoms with E-state index in [2.05, 4.69) is 58.1 Å². The summed E-state index contributed by atoms with van der Waals surface area (Å²) < 4.78 is 13.7. The van der Waals surface area contributed by atoms with Gasteiger partial charge in [0.1, 0.15) is 0 Å². The highest BCUT2D eigenvalue weighted by Crippen LogP contribution is 2.37. The van der Waals surface area contributed by atoms with E-state index in [1.165, 1.54) is 17.5 Å². The number of guanidine groups is 1. The zero-order valence-electron chi connectivity index (χ0n) is 19.8. The molecule has 1 aliphatic heterocycles. The van der Waals surface area contributed by atoms with E-state index < -0.39 is 0 Å². The van der Waals surface area contributed by atoms with Crippen LogP contribution in [-0.4, -0.2) is 48.4 Å². The number of H-pyrrole nitrogens is 1. The van der Waals surface area contributed by atoms with Crippen LogP contribution in [0.1, 0.15) is 25.3 Å². The molecule has 3 rings (SSSR count). The molecule has 0 aliphatic carbocycles. The number of hydrogen-bond donors (Lipinski definition) is 3. The van der Waals surface area contributed by atoms with Gasteiger partial charge in [0.25, 0.3) is 0 Å². The standard InChI is InChI=1S/C26H33FN6S/c1-4-6-7-19(5-2)16-20-8-10-21(11-9-20)24-25(23(34-27)17-29-24)32-26(30-18-28)31-22-12-14-33(3)15-13-22/h4-11,17-18,22,29H,1,12-16H2,2-3H3,(H3,28,30,31,32)/b7-6-,19-5+. The fourth-order valence-corrected chi connectivity index (χ4v) is 4.20. The van der Waals surface area contributed by atoms with Gasteiger partial charge < -0.3 is 20.9 Å². The molecule has 1 aromatic carbocycles. The average molecular weight is 481 g/mol. The maximum absolute atomic E-state index is 13.7. The van der Waals surface area contributed by atoms with Gasteiger partial charge in [0, 0.05) is 11.8 Å². The largest absolute Gasteiger partial charge is 0.390 e. The second-order valence-electron chi connectivity index (χ2n) is 8.20. The fourth-order valence-electron chi connectivity index (χ4n) is 3.87. The van der Waals surface area contributed by atoms with E-state index in [9.17, 15) is 3.89 Å². The molecular weight excluding hydrogens is 447 g/mol. The van der Waals surface area contributed by atoms with Crippen molar-refractivity contribution in [3.05, 3.63) is 72.5 Å². The third-order valence-corrected chi connectivity index (χ3v) is 6.31. The molecular formula is C26H33FN6S. The predicted octanol–water partition coefficient (Wildman–Crippen LogP) is 5.74. The number of nitrogens with zero attached hydrogens (tertiary/aromatic N) is 3. The van der Waals surface area contributed by atoms with Crippen LogP contribution in [0.3, 0.4) is 0 Å². The summed E-state index contributed by atoms with van der Waals surface area (Å²) in [4.78, 5) is 14.9. The van der Waals surface area contributed by atoms with Crippen molar-refractivity contribution < 1.29 is 3.89 Å². The van der Waals surface area contributed by atoms with Crippen molar-refractivity contribution >= 4 is 30.1 Å². The molecule has 8 heteroatoms. The molecule has 0 bridgehead atoms. The van der Waals surface area contributed by atoms with E-state index in [0.717, 1.165) is 43.6 Å². The number of allylic oxidation sites excluding steroid dienone is 5. The second-order valence-corrected chi connectivity index (χ2v) is 8.80. The van der Waals surface area contributed by atoms with E-state index in [1.807, 2.05) is 25.1 Å². The number of aromatic nitrogens is 1. The molecule has 180 valence electrons. The Morgan fingerprint density at radius 2 is 2.06 bits per heavy atom. The number of piperidine rings is 1. The molecule has 0 unspecified atom stereocenters. The van der Waals surface area contributed by atoms with Crippen LogP contribution in [0, 0.1) is 0 Å². The Balaban J connectivity index is 1.83. The third kappa shape index (κ3) is 6.95. The summed E-state index contributed by atoms with van der Waals surface area (Å²) in [6.07, 6.45) is 13.4. The smallest absolute Gasteiger partial charge is 0.224 e. The van der Waals surface area contributed by atoms with Crippen LogP contribution in [0.5, 0.6) is 0 Å². The monoisotopic (exact) mass is 480 g/mol. The first-order valence-electron chi connectivity index (χ1n) is 11.4. The molecule has 0 radical (unpaired) electrons. The van der Waals surface area contributed by atoms with E-state index >= 15 is 0 Å². The van der Waals surface area contributed by atoms with Crippen molar-refractivity contribution in [2.24, 2.45) is 15.7 Å². The minimum atomic E-state index is 0.154. The zero-order valence-corrected chi connectivity index (χ0v) is 20.6. The number of anilines is 1. The van der Waals surface area contributed by atoms with Crippen molar-refractivity contribution in [3.8, 4) is 11.3 Å². The van der Waals surface area contributed by atoms with Crippen LogP contribution in [-0.2, 0) is 6.42 Å². The topological polar surface area (TPSA) is 81.8 Å². The molecule has 6 nitrogen and oxygen atoms in total. The molecule has 0 amide bonds. The lowest BCUT2D eigenvalue weighted by Gasteiger charge is -2.26. The molecule has 0 spiro atoms. The van der Waals surface area contributed by atoms with E-state index in [-0.39, 0.29) is 18.2 Å². The van der Waals surface area contributed by atoms with Crippen molar-refractivity contribution in [3.63, 3.8) is 0 Å². The zero-order chi connectivity index (χ0) is 24.3. The first-order valence-corrected chi connectivity index (χ1v) is 12.1. The van der Waals surface area contributed by atoms with Crippen LogP contribution in [0.15, 0.2) is 81.8 Å². The van der Waals surface area contributed by atoms with Crippen LogP contribution in [0.25, 0.3) is 11.3 Å². The molecule has 34 heavy (non-hydrogen) atoms. The van der Waals surface area contributed by atoms with Gasteiger partial charge in [0.2, 0.25) is 5.96 Å². The summed E-state index contributed by atoms with van der Waals surface area (Å²) in [5.74, 6) is 0.386. The Bertz CT molecular complexity index is 1060. The molecule has 2 aromatic rings. The summed E-state index contributed by atoms with van der Waals surface area (Å²) in [6.45, 7) is 7.72.